The molecule has 2 aromatic carbocycles. The number of amides is 2. The molecule has 0 heterocycles. The number of likely N-dealkylation sites (N-methyl/N-ethyl adjacent to an activating group) is 1. The van der Waals surface area contributed by atoms with E-state index in [1.165, 1.54) is 11.8 Å². The Labute approximate surface area is 163 Å². The van der Waals surface area contributed by atoms with E-state index in [1.807, 2.05) is 43.3 Å². The largest absolute Gasteiger partial charge is 0.357 e. The lowest BCUT2D eigenvalue weighted by molar-refractivity contribution is -0.138. The molecule has 2 aromatic rings. The standard InChI is InChI=1S/C20H23ClN2O2S/c1-14-5-4-6-16(11-14)12-23(15(2)20(25)22-3)19(24)13-26-18-9-7-17(21)8-10-18/h4-11,15H,12-13H2,1-3H3,(H,22,25)/t15-/m1/s1. The summed E-state index contributed by atoms with van der Waals surface area (Å²) in [7, 11) is 1.58. The zero-order chi connectivity index (χ0) is 19.1. The third-order valence-electron chi connectivity index (χ3n) is 4.03. The van der Waals surface area contributed by atoms with Crippen molar-refractivity contribution in [2.75, 3.05) is 12.8 Å². The second-order valence-corrected chi connectivity index (χ2v) is 7.53. The summed E-state index contributed by atoms with van der Waals surface area (Å²) >= 11 is 7.33. The molecule has 4 nitrogen and oxygen atoms in total. The van der Waals surface area contributed by atoms with Gasteiger partial charge in [-0.25, -0.2) is 0 Å². The fourth-order valence-electron chi connectivity index (χ4n) is 2.56. The SMILES string of the molecule is CNC(=O)[C@@H](C)N(Cc1cccc(C)c1)C(=O)CSc1ccc(Cl)cc1. The minimum atomic E-state index is -0.543. The van der Waals surface area contributed by atoms with Crippen LogP contribution in [0, 0.1) is 6.92 Å². The number of halogens is 1. The first-order valence-electron chi connectivity index (χ1n) is 8.35. The van der Waals surface area contributed by atoms with E-state index >= 15 is 0 Å². The van der Waals surface area contributed by atoms with Crippen LogP contribution >= 0.6 is 23.4 Å². The molecule has 0 aromatic heterocycles. The van der Waals surface area contributed by atoms with Crippen LogP contribution in [0.2, 0.25) is 5.02 Å². The number of nitrogens with one attached hydrogen (secondary N) is 1. The molecular formula is C20H23ClN2O2S. The van der Waals surface area contributed by atoms with Crippen molar-refractivity contribution in [2.24, 2.45) is 0 Å². The Morgan fingerprint density at radius 3 is 2.50 bits per heavy atom. The third kappa shape index (κ3) is 5.78. The number of rotatable bonds is 7. The molecule has 0 spiro atoms. The molecule has 0 unspecified atom stereocenters. The van der Waals surface area contributed by atoms with Crippen molar-refractivity contribution in [3.63, 3.8) is 0 Å². The van der Waals surface area contributed by atoms with Crippen LogP contribution in [0.4, 0.5) is 0 Å². The Bertz CT molecular complexity index is 765. The Balaban J connectivity index is 2.12. The van der Waals surface area contributed by atoms with Gasteiger partial charge in [0.15, 0.2) is 0 Å². The monoisotopic (exact) mass is 390 g/mol. The van der Waals surface area contributed by atoms with E-state index in [4.69, 9.17) is 11.6 Å². The smallest absolute Gasteiger partial charge is 0.242 e. The predicted octanol–water partition coefficient (Wildman–Crippen LogP) is 3.90. The van der Waals surface area contributed by atoms with Gasteiger partial charge in [0.05, 0.1) is 5.75 Å². The molecule has 0 aliphatic heterocycles. The highest BCUT2D eigenvalue weighted by Gasteiger charge is 2.25. The highest BCUT2D eigenvalue weighted by Crippen LogP contribution is 2.22. The first-order chi connectivity index (χ1) is 12.4. The maximum absolute atomic E-state index is 12.8. The highest BCUT2D eigenvalue weighted by atomic mass is 35.5. The molecule has 26 heavy (non-hydrogen) atoms. The fourth-order valence-corrected chi connectivity index (χ4v) is 3.47. The number of carbonyl (C=O) groups is 2. The summed E-state index contributed by atoms with van der Waals surface area (Å²) in [6.07, 6.45) is 0. The van der Waals surface area contributed by atoms with Crippen molar-refractivity contribution >= 4 is 35.2 Å². The summed E-state index contributed by atoms with van der Waals surface area (Å²) in [6.45, 7) is 4.16. The van der Waals surface area contributed by atoms with Crippen LogP contribution in [-0.4, -0.2) is 35.6 Å². The Morgan fingerprint density at radius 1 is 1.19 bits per heavy atom. The topological polar surface area (TPSA) is 49.4 Å². The van der Waals surface area contributed by atoms with Gasteiger partial charge in [-0.3, -0.25) is 9.59 Å². The molecule has 0 fully saturated rings. The van der Waals surface area contributed by atoms with Crippen LogP contribution in [0.25, 0.3) is 0 Å². The van der Waals surface area contributed by atoms with Gasteiger partial charge in [-0.05, 0) is 43.7 Å². The van der Waals surface area contributed by atoms with E-state index in [1.54, 1.807) is 31.0 Å². The lowest BCUT2D eigenvalue weighted by Crippen LogP contribution is -2.47. The van der Waals surface area contributed by atoms with E-state index in [-0.39, 0.29) is 17.6 Å². The van der Waals surface area contributed by atoms with E-state index in [9.17, 15) is 9.59 Å². The van der Waals surface area contributed by atoms with Crippen LogP contribution < -0.4 is 5.32 Å². The highest BCUT2D eigenvalue weighted by molar-refractivity contribution is 8.00. The fraction of sp³-hybridized carbons (Fsp3) is 0.300. The number of thioether (sulfide) groups is 1. The quantitative estimate of drug-likeness (QED) is 0.729. The van der Waals surface area contributed by atoms with Crippen LogP contribution in [0.1, 0.15) is 18.1 Å². The van der Waals surface area contributed by atoms with Crippen molar-refractivity contribution < 1.29 is 9.59 Å². The van der Waals surface area contributed by atoms with Gasteiger partial charge in [0.25, 0.3) is 0 Å². The van der Waals surface area contributed by atoms with Gasteiger partial charge in [-0.15, -0.1) is 11.8 Å². The Hall–Kier alpha value is -1.98. The molecule has 0 radical (unpaired) electrons. The Morgan fingerprint density at radius 2 is 1.88 bits per heavy atom. The number of carbonyl (C=O) groups excluding carboxylic acids is 2. The van der Waals surface area contributed by atoms with Crippen LogP contribution in [0.5, 0.6) is 0 Å². The normalized spacial score (nSPS) is 11.7. The molecule has 6 heteroatoms. The summed E-state index contributed by atoms with van der Waals surface area (Å²) in [5, 5.41) is 3.29. The second-order valence-electron chi connectivity index (χ2n) is 6.04. The lowest BCUT2D eigenvalue weighted by atomic mass is 10.1. The predicted molar refractivity (Wildman–Crippen MR) is 107 cm³/mol. The number of nitrogens with zero attached hydrogens (tertiary/aromatic N) is 1. The van der Waals surface area contributed by atoms with Crippen molar-refractivity contribution in [1.29, 1.82) is 0 Å². The molecule has 0 saturated heterocycles. The average Bonchev–Trinajstić information content (AvgIpc) is 2.64. The summed E-state index contributed by atoms with van der Waals surface area (Å²) < 4.78 is 0. The molecule has 138 valence electrons. The minimum Gasteiger partial charge on any atom is -0.357 e. The molecule has 0 aliphatic rings. The molecule has 0 aliphatic carbocycles. The number of aryl methyl sites for hydroxylation is 1. The summed E-state index contributed by atoms with van der Waals surface area (Å²) in [6, 6.07) is 14.8. The lowest BCUT2D eigenvalue weighted by Gasteiger charge is -2.28. The first kappa shape index (κ1) is 20.3. The van der Waals surface area contributed by atoms with E-state index in [0.29, 0.717) is 11.6 Å². The van der Waals surface area contributed by atoms with Crippen molar-refractivity contribution in [1.82, 2.24) is 10.2 Å². The van der Waals surface area contributed by atoms with E-state index in [0.717, 1.165) is 16.0 Å². The van der Waals surface area contributed by atoms with E-state index in [2.05, 4.69) is 5.32 Å². The average molecular weight is 391 g/mol. The van der Waals surface area contributed by atoms with Gasteiger partial charge >= 0.3 is 0 Å². The van der Waals surface area contributed by atoms with Gasteiger partial charge < -0.3 is 10.2 Å². The maximum atomic E-state index is 12.8. The van der Waals surface area contributed by atoms with E-state index < -0.39 is 6.04 Å². The first-order valence-corrected chi connectivity index (χ1v) is 9.72. The molecule has 2 amide bonds. The number of hydrogen-bond acceptors (Lipinski definition) is 3. The van der Waals surface area contributed by atoms with Gasteiger partial charge in [0.1, 0.15) is 6.04 Å². The molecular weight excluding hydrogens is 368 g/mol. The zero-order valence-electron chi connectivity index (χ0n) is 15.2. The molecule has 0 saturated carbocycles. The summed E-state index contributed by atoms with van der Waals surface area (Å²) in [5.74, 6) is -0.000498. The number of benzene rings is 2. The molecule has 1 atom stereocenters. The van der Waals surface area contributed by atoms with Crippen molar-refractivity contribution in [3.8, 4) is 0 Å². The van der Waals surface area contributed by atoms with Gasteiger partial charge in [-0.2, -0.15) is 0 Å². The van der Waals surface area contributed by atoms with Crippen LogP contribution in [0.15, 0.2) is 53.4 Å². The number of hydrogen-bond donors (Lipinski definition) is 1. The van der Waals surface area contributed by atoms with Crippen molar-refractivity contribution in [2.45, 2.75) is 31.3 Å². The molecule has 1 N–H and O–H groups in total. The summed E-state index contributed by atoms with van der Waals surface area (Å²) in [5.41, 5.74) is 2.13. The van der Waals surface area contributed by atoms with Crippen LogP contribution in [0.3, 0.4) is 0 Å². The molecule has 2 rings (SSSR count). The second kappa shape index (κ2) is 9.64. The van der Waals surface area contributed by atoms with Gasteiger partial charge in [-0.1, -0.05) is 41.4 Å². The van der Waals surface area contributed by atoms with Gasteiger partial charge in [0.2, 0.25) is 11.8 Å². The minimum absolute atomic E-state index is 0.0810. The molecule has 0 bridgehead atoms. The zero-order valence-corrected chi connectivity index (χ0v) is 16.7. The third-order valence-corrected chi connectivity index (χ3v) is 5.27. The van der Waals surface area contributed by atoms with Crippen LogP contribution in [-0.2, 0) is 16.1 Å². The van der Waals surface area contributed by atoms with Gasteiger partial charge in [0, 0.05) is 23.5 Å². The maximum Gasteiger partial charge on any atom is 0.242 e. The Kier molecular flexibility index (Phi) is 7.54. The summed E-state index contributed by atoms with van der Waals surface area (Å²) in [4.78, 5) is 27.5. The van der Waals surface area contributed by atoms with Crippen molar-refractivity contribution in [3.05, 3.63) is 64.7 Å².